The van der Waals surface area contributed by atoms with Gasteiger partial charge < -0.3 is 10.0 Å². The Balaban J connectivity index is 1.94. The van der Waals surface area contributed by atoms with E-state index in [9.17, 15) is 4.79 Å². The highest BCUT2D eigenvalue weighted by Crippen LogP contribution is 2.25. The van der Waals surface area contributed by atoms with Crippen molar-refractivity contribution in [2.45, 2.75) is 38.1 Å². The molecule has 1 N–H and O–H groups in total. The zero-order chi connectivity index (χ0) is 12.8. The van der Waals surface area contributed by atoms with Gasteiger partial charge in [-0.3, -0.25) is 9.78 Å². The van der Waals surface area contributed by atoms with E-state index in [2.05, 4.69) is 4.98 Å². The molecule has 1 amide bonds. The summed E-state index contributed by atoms with van der Waals surface area (Å²) >= 11 is 0. The first-order valence-electron chi connectivity index (χ1n) is 6.61. The van der Waals surface area contributed by atoms with Gasteiger partial charge in [-0.25, -0.2) is 0 Å². The minimum absolute atomic E-state index is 0.131. The summed E-state index contributed by atoms with van der Waals surface area (Å²) < 4.78 is 0. The summed E-state index contributed by atoms with van der Waals surface area (Å²) in [6.45, 7) is 0.799. The lowest BCUT2D eigenvalue weighted by Crippen LogP contribution is -2.45. The molecule has 1 heterocycles. The van der Waals surface area contributed by atoms with E-state index >= 15 is 0 Å². The summed E-state index contributed by atoms with van der Waals surface area (Å²) in [4.78, 5) is 18.4. The molecule has 0 aliphatic heterocycles. The van der Waals surface area contributed by atoms with Crippen LogP contribution >= 0.6 is 0 Å². The van der Waals surface area contributed by atoms with Crippen LogP contribution in [0.15, 0.2) is 24.4 Å². The van der Waals surface area contributed by atoms with Crippen molar-refractivity contribution in [3.05, 3.63) is 30.1 Å². The number of hydrogen-bond donors (Lipinski definition) is 1. The fourth-order valence-electron chi connectivity index (χ4n) is 2.21. The third-order valence-corrected chi connectivity index (χ3v) is 3.45. The van der Waals surface area contributed by atoms with E-state index in [-0.39, 0.29) is 12.5 Å². The maximum Gasteiger partial charge on any atom is 0.228 e. The van der Waals surface area contributed by atoms with Crippen LogP contribution in [0.25, 0.3) is 0 Å². The number of pyridine rings is 1. The lowest BCUT2D eigenvalue weighted by molar-refractivity contribution is -0.134. The summed E-state index contributed by atoms with van der Waals surface area (Å²) in [5, 5.41) is 8.91. The smallest absolute Gasteiger partial charge is 0.228 e. The molecule has 0 atom stereocenters. The average Bonchev–Trinajstić information content (AvgIpc) is 2.33. The second-order valence-electron chi connectivity index (χ2n) is 4.75. The van der Waals surface area contributed by atoms with Gasteiger partial charge >= 0.3 is 0 Å². The molecule has 4 heteroatoms. The number of aromatic nitrogens is 1. The number of carbonyl (C=O) groups excluding carboxylic acids is 1. The van der Waals surface area contributed by atoms with Gasteiger partial charge in [0.05, 0.1) is 6.42 Å². The van der Waals surface area contributed by atoms with Crippen LogP contribution in [0.4, 0.5) is 0 Å². The monoisotopic (exact) mass is 248 g/mol. The molecular formula is C14H20N2O2. The van der Waals surface area contributed by atoms with Crippen molar-refractivity contribution >= 4 is 5.91 Å². The summed E-state index contributed by atoms with van der Waals surface area (Å²) in [6.07, 6.45) is 6.13. The predicted molar refractivity (Wildman–Crippen MR) is 69.0 cm³/mol. The molecule has 0 radical (unpaired) electrons. The van der Waals surface area contributed by atoms with Crippen LogP contribution in [0.1, 0.15) is 31.4 Å². The minimum Gasteiger partial charge on any atom is -0.396 e. The van der Waals surface area contributed by atoms with Crippen molar-refractivity contribution in [1.82, 2.24) is 9.88 Å². The number of aliphatic hydroxyl groups is 1. The summed E-state index contributed by atoms with van der Waals surface area (Å²) in [6, 6.07) is 6.01. The highest BCUT2D eigenvalue weighted by atomic mass is 16.3. The Morgan fingerprint density at radius 1 is 1.44 bits per heavy atom. The highest BCUT2D eigenvalue weighted by molar-refractivity contribution is 5.78. The van der Waals surface area contributed by atoms with Gasteiger partial charge in [-0.05, 0) is 37.8 Å². The van der Waals surface area contributed by atoms with Gasteiger partial charge in [0, 0.05) is 31.1 Å². The van der Waals surface area contributed by atoms with Crippen LogP contribution in [0, 0.1) is 0 Å². The molecule has 0 spiro atoms. The maximum absolute atomic E-state index is 12.3. The summed E-state index contributed by atoms with van der Waals surface area (Å²) in [7, 11) is 0. The molecule has 1 fully saturated rings. The number of nitrogens with zero attached hydrogens (tertiary/aromatic N) is 2. The number of aliphatic hydroxyl groups excluding tert-OH is 1. The van der Waals surface area contributed by atoms with Crippen molar-refractivity contribution in [3.63, 3.8) is 0 Å². The fourth-order valence-corrected chi connectivity index (χ4v) is 2.21. The zero-order valence-corrected chi connectivity index (χ0v) is 10.6. The lowest BCUT2D eigenvalue weighted by atomic mass is 9.91. The van der Waals surface area contributed by atoms with Crippen molar-refractivity contribution in [1.29, 1.82) is 0 Å². The second kappa shape index (κ2) is 6.50. The number of rotatable bonds is 6. The third-order valence-electron chi connectivity index (χ3n) is 3.45. The lowest BCUT2D eigenvalue weighted by Gasteiger charge is -2.37. The first-order chi connectivity index (χ1) is 8.81. The molecule has 1 aromatic heterocycles. The van der Waals surface area contributed by atoms with E-state index in [0.717, 1.165) is 18.5 Å². The van der Waals surface area contributed by atoms with Gasteiger partial charge in [0.1, 0.15) is 0 Å². The maximum atomic E-state index is 12.3. The molecule has 0 bridgehead atoms. The first kappa shape index (κ1) is 13.0. The van der Waals surface area contributed by atoms with Gasteiger partial charge in [0.15, 0.2) is 0 Å². The Kier molecular flexibility index (Phi) is 4.70. The van der Waals surface area contributed by atoms with Crippen LogP contribution in [0.3, 0.4) is 0 Å². The first-order valence-corrected chi connectivity index (χ1v) is 6.61. The molecule has 1 aliphatic carbocycles. The van der Waals surface area contributed by atoms with Crippen LogP contribution in [-0.2, 0) is 11.2 Å². The van der Waals surface area contributed by atoms with Gasteiger partial charge in [0.25, 0.3) is 0 Å². The quantitative estimate of drug-likeness (QED) is 0.827. The highest BCUT2D eigenvalue weighted by Gasteiger charge is 2.28. The Bertz CT molecular complexity index is 377. The van der Waals surface area contributed by atoms with Crippen LogP contribution in [-0.4, -0.2) is 40.1 Å². The van der Waals surface area contributed by atoms with Crippen molar-refractivity contribution < 1.29 is 9.90 Å². The van der Waals surface area contributed by atoms with Gasteiger partial charge in [-0.1, -0.05) is 6.07 Å². The molecule has 4 nitrogen and oxygen atoms in total. The standard InChI is InChI=1S/C14H20N2O2/c17-10-4-9-16(13-6-3-7-13)14(18)11-12-5-1-2-8-15-12/h1-2,5,8,13,17H,3-4,6-7,9-11H2. The predicted octanol–water partition coefficient (Wildman–Crippen LogP) is 1.39. The zero-order valence-electron chi connectivity index (χ0n) is 10.6. The number of hydrogen-bond acceptors (Lipinski definition) is 3. The molecule has 0 saturated heterocycles. The number of amides is 1. The molecule has 1 aliphatic rings. The molecule has 1 saturated carbocycles. The van der Waals surface area contributed by atoms with Crippen LogP contribution in [0.5, 0.6) is 0 Å². The summed E-state index contributed by atoms with van der Waals surface area (Å²) in [5.74, 6) is 0.131. The molecule has 0 aromatic carbocycles. The SMILES string of the molecule is O=C(Cc1ccccn1)N(CCCO)C1CCC1. The largest absolute Gasteiger partial charge is 0.396 e. The van der Waals surface area contributed by atoms with Crippen LogP contribution in [0.2, 0.25) is 0 Å². The van der Waals surface area contributed by atoms with E-state index in [4.69, 9.17) is 5.11 Å². The Morgan fingerprint density at radius 2 is 2.28 bits per heavy atom. The van der Waals surface area contributed by atoms with Crippen molar-refractivity contribution in [3.8, 4) is 0 Å². The molecular weight excluding hydrogens is 228 g/mol. The minimum atomic E-state index is 0.131. The van der Waals surface area contributed by atoms with E-state index in [1.165, 1.54) is 6.42 Å². The van der Waals surface area contributed by atoms with E-state index < -0.39 is 0 Å². The topological polar surface area (TPSA) is 53.4 Å². The average molecular weight is 248 g/mol. The molecule has 18 heavy (non-hydrogen) atoms. The van der Waals surface area contributed by atoms with Gasteiger partial charge in [0.2, 0.25) is 5.91 Å². The second-order valence-corrected chi connectivity index (χ2v) is 4.75. The molecule has 1 aromatic rings. The van der Waals surface area contributed by atoms with Crippen LogP contribution < -0.4 is 0 Å². The van der Waals surface area contributed by atoms with Crippen molar-refractivity contribution in [2.24, 2.45) is 0 Å². The third kappa shape index (κ3) is 3.29. The van der Waals surface area contributed by atoms with Crippen molar-refractivity contribution in [2.75, 3.05) is 13.2 Å². The Hall–Kier alpha value is -1.42. The van der Waals surface area contributed by atoms with E-state index in [1.54, 1.807) is 6.20 Å². The Morgan fingerprint density at radius 3 is 2.83 bits per heavy atom. The molecule has 98 valence electrons. The summed E-state index contributed by atoms with van der Waals surface area (Å²) in [5.41, 5.74) is 0.816. The number of carbonyl (C=O) groups is 1. The fraction of sp³-hybridized carbons (Fsp3) is 0.571. The molecule has 0 unspecified atom stereocenters. The van der Waals surface area contributed by atoms with E-state index in [1.807, 2.05) is 23.1 Å². The van der Waals surface area contributed by atoms with Gasteiger partial charge in [-0.15, -0.1) is 0 Å². The van der Waals surface area contributed by atoms with E-state index in [0.29, 0.717) is 25.4 Å². The Labute approximate surface area is 108 Å². The normalized spacial score (nSPS) is 15.2. The van der Waals surface area contributed by atoms with Gasteiger partial charge in [-0.2, -0.15) is 0 Å². The molecule has 2 rings (SSSR count).